The summed E-state index contributed by atoms with van der Waals surface area (Å²) in [4.78, 5) is 11.3. The Labute approximate surface area is 139 Å². The summed E-state index contributed by atoms with van der Waals surface area (Å²) in [5, 5.41) is 12.7. The average molecular weight is 331 g/mol. The van der Waals surface area contributed by atoms with Gasteiger partial charge in [-0.2, -0.15) is 0 Å². The second-order valence-corrected chi connectivity index (χ2v) is 5.60. The molecule has 126 valence electrons. The number of aliphatic hydroxyl groups excluding tert-OH is 1. The van der Waals surface area contributed by atoms with Crippen molar-refractivity contribution in [3.8, 4) is 11.5 Å². The van der Waals surface area contributed by atoms with E-state index in [9.17, 15) is 14.3 Å². The number of carbonyl (C=O) groups excluding carboxylic acids is 1. The lowest BCUT2D eigenvalue weighted by Crippen LogP contribution is -2.25. The molecule has 2 aromatic carbocycles. The van der Waals surface area contributed by atoms with Gasteiger partial charge in [0, 0.05) is 12.1 Å². The molecule has 0 saturated carbocycles. The predicted molar refractivity (Wildman–Crippen MR) is 86.8 cm³/mol. The molecule has 0 radical (unpaired) electrons. The molecule has 0 spiro atoms. The van der Waals surface area contributed by atoms with Gasteiger partial charge < -0.3 is 19.9 Å². The first kappa shape index (κ1) is 16.3. The Bertz CT molecular complexity index is 717. The highest BCUT2D eigenvalue weighted by atomic mass is 19.1. The third-order valence-corrected chi connectivity index (χ3v) is 3.67. The fraction of sp³-hybridized carbons (Fsp3) is 0.278. The van der Waals surface area contributed by atoms with E-state index >= 15 is 0 Å². The third kappa shape index (κ3) is 4.23. The SMILES string of the molecule is O=C1CCc2cc(OC[C@@H](O)COc3ccc(F)cc3)ccc2N1. The standard InChI is InChI=1S/C18H18FNO4/c19-13-2-4-15(5-3-13)23-10-14(21)11-24-16-6-7-17-12(9-16)1-8-18(22)20-17/h2-7,9,14,21H,1,8,10-11H2,(H,20,22)/t14-/m0/s1. The number of anilines is 1. The molecule has 2 N–H and O–H groups in total. The molecule has 1 amide bonds. The second-order valence-electron chi connectivity index (χ2n) is 5.60. The van der Waals surface area contributed by atoms with Crippen LogP contribution in [0, 0.1) is 5.82 Å². The van der Waals surface area contributed by atoms with Crippen LogP contribution in [0.4, 0.5) is 10.1 Å². The third-order valence-electron chi connectivity index (χ3n) is 3.67. The van der Waals surface area contributed by atoms with Crippen molar-refractivity contribution < 1.29 is 23.8 Å². The van der Waals surface area contributed by atoms with Crippen LogP contribution in [0.1, 0.15) is 12.0 Å². The van der Waals surface area contributed by atoms with Crippen LogP contribution in [-0.2, 0) is 11.2 Å². The molecule has 0 saturated heterocycles. The number of fused-ring (bicyclic) bond motifs is 1. The van der Waals surface area contributed by atoms with Crippen LogP contribution in [0.15, 0.2) is 42.5 Å². The van der Waals surface area contributed by atoms with E-state index in [1.165, 1.54) is 24.3 Å². The summed E-state index contributed by atoms with van der Waals surface area (Å²) < 4.78 is 23.7. The Kier molecular flexibility index (Phi) is 4.96. The lowest BCUT2D eigenvalue weighted by atomic mass is 10.0. The maximum atomic E-state index is 12.8. The van der Waals surface area contributed by atoms with Crippen LogP contribution in [0.25, 0.3) is 0 Å². The van der Waals surface area contributed by atoms with E-state index in [1.54, 1.807) is 12.1 Å². The molecule has 0 aromatic heterocycles. The van der Waals surface area contributed by atoms with Gasteiger partial charge in [0.05, 0.1) is 0 Å². The summed E-state index contributed by atoms with van der Waals surface area (Å²) in [6.07, 6.45) is 0.324. The highest BCUT2D eigenvalue weighted by molar-refractivity contribution is 5.93. The van der Waals surface area contributed by atoms with Gasteiger partial charge in [0.2, 0.25) is 5.91 Å². The smallest absolute Gasteiger partial charge is 0.224 e. The van der Waals surface area contributed by atoms with Crippen molar-refractivity contribution in [2.24, 2.45) is 0 Å². The van der Waals surface area contributed by atoms with E-state index in [-0.39, 0.29) is 24.9 Å². The fourth-order valence-electron chi connectivity index (χ4n) is 2.41. The first-order chi connectivity index (χ1) is 11.6. The number of hydrogen-bond acceptors (Lipinski definition) is 4. The van der Waals surface area contributed by atoms with Crippen molar-refractivity contribution in [3.63, 3.8) is 0 Å². The van der Waals surface area contributed by atoms with Crippen LogP contribution in [0.2, 0.25) is 0 Å². The van der Waals surface area contributed by atoms with Crippen molar-refractivity contribution in [1.29, 1.82) is 0 Å². The zero-order chi connectivity index (χ0) is 16.9. The average Bonchev–Trinajstić information content (AvgIpc) is 2.59. The van der Waals surface area contributed by atoms with Gasteiger partial charge in [-0.25, -0.2) is 4.39 Å². The topological polar surface area (TPSA) is 67.8 Å². The van der Waals surface area contributed by atoms with Gasteiger partial charge in [-0.3, -0.25) is 4.79 Å². The van der Waals surface area contributed by atoms with Crippen molar-refractivity contribution in [1.82, 2.24) is 0 Å². The summed E-state index contributed by atoms with van der Waals surface area (Å²) in [6.45, 7) is 0.124. The largest absolute Gasteiger partial charge is 0.491 e. The molecule has 24 heavy (non-hydrogen) atoms. The number of benzene rings is 2. The Morgan fingerprint density at radius 3 is 2.46 bits per heavy atom. The number of nitrogens with one attached hydrogen (secondary N) is 1. The molecule has 0 fully saturated rings. The van der Waals surface area contributed by atoms with Gasteiger partial charge in [-0.05, 0) is 54.4 Å². The summed E-state index contributed by atoms with van der Waals surface area (Å²) in [5.41, 5.74) is 1.82. The molecule has 0 bridgehead atoms. The number of aryl methyl sites for hydroxylation is 1. The predicted octanol–water partition coefficient (Wildman–Crippen LogP) is 2.53. The van der Waals surface area contributed by atoms with Crippen molar-refractivity contribution in [3.05, 3.63) is 53.8 Å². The molecule has 1 atom stereocenters. The normalized spacial score (nSPS) is 14.5. The van der Waals surface area contributed by atoms with E-state index < -0.39 is 6.10 Å². The van der Waals surface area contributed by atoms with Crippen molar-refractivity contribution in [2.75, 3.05) is 18.5 Å². The maximum absolute atomic E-state index is 12.8. The van der Waals surface area contributed by atoms with E-state index in [4.69, 9.17) is 9.47 Å². The molecule has 1 heterocycles. The Morgan fingerprint density at radius 2 is 1.71 bits per heavy atom. The van der Waals surface area contributed by atoms with Crippen molar-refractivity contribution >= 4 is 11.6 Å². The summed E-state index contributed by atoms with van der Waals surface area (Å²) in [6, 6.07) is 11.0. The van der Waals surface area contributed by atoms with Crippen molar-refractivity contribution in [2.45, 2.75) is 18.9 Å². The summed E-state index contributed by atoms with van der Waals surface area (Å²) in [5.74, 6) is 0.796. The molecule has 1 aliphatic heterocycles. The van der Waals surface area contributed by atoms with Crippen LogP contribution >= 0.6 is 0 Å². The van der Waals surface area contributed by atoms with E-state index in [0.29, 0.717) is 24.3 Å². The molecule has 3 rings (SSSR count). The first-order valence-electron chi connectivity index (χ1n) is 7.72. The van der Waals surface area contributed by atoms with Gasteiger partial charge in [-0.1, -0.05) is 0 Å². The molecule has 5 nitrogen and oxygen atoms in total. The van der Waals surface area contributed by atoms with Gasteiger partial charge in [0.1, 0.15) is 36.6 Å². The van der Waals surface area contributed by atoms with E-state index in [0.717, 1.165) is 11.3 Å². The summed E-state index contributed by atoms with van der Waals surface area (Å²) in [7, 11) is 0. The molecule has 0 unspecified atom stereocenters. The number of halogens is 1. The first-order valence-corrected chi connectivity index (χ1v) is 7.72. The van der Waals surface area contributed by atoms with Crippen LogP contribution in [-0.4, -0.2) is 30.3 Å². The molecule has 2 aromatic rings. The monoisotopic (exact) mass is 331 g/mol. The van der Waals surface area contributed by atoms with Gasteiger partial charge in [-0.15, -0.1) is 0 Å². The molecular formula is C18H18FNO4. The van der Waals surface area contributed by atoms with Crippen LogP contribution in [0.3, 0.4) is 0 Å². The maximum Gasteiger partial charge on any atom is 0.224 e. The lowest BCUT2D eigenvalue weighted by Gasteiger charge is -2.18. The van der Waals surface area contributed by atoms with E-state index in [2.05, 4.69) is 5.32 Å². The molecule has 6 heteroatoms. The highest BCUT2D eigenvalue weighted by Crippen LogP contribution is 2.26. The second kappa shape index (κ2) is 7.31. The van der Waals surface area contributed by atoms with Crippen LogP contribution in [0.5, 0.6) is 11.5 Å². The molecule has 0 aliphatic carbocycles. The Balaban J connectivity index is 1.48. The number of rotatable bonds is 6. The Morgan fingerprint density at radius 1 is 1.04 bits per heavy atom. The molecular weight excluding hydrogens is 313 g/mol. The minimum absolute atomic E-state index is 0.0181. The van der Waals surface area contributed by atoms with Gasteiger partial charge in [0.15, 0.2) is 0 Å². The van der Waals surface area contributed by atoms with E-state index in [1.807, 2.05) is 6.07 Å². The molecule has 1 aliphatic rings. The number of carbonyl (C=O) groups is 1. The highest BCUT2D eigenvalue weighted by Gasteiger charge is 2.15. The number of amides is 1. The minimum atomic E-state index is -0.814. The summed E-state index contributed by atoms with van der Waals surface area (Å²) >= 11 is 0. The van der Waals surface area contributed by atoms with Gasteiger partial charge in [0.25, 0.3) is 0 Å². The number of ether oxygens (including phenoxy) is 2. The van der Waals surface area contributed by atoms with Gasteiger partial charge >= 0.3 is 0 Å². The lowest BCUT2D eigenvalue weighted by molar-refractivity contribution is -0.116. The number of aliphatic hydroxyl groups is 1. The zero-order valence-corrected chi connectivity index (χ0v) is 13.0. The number of hydrogen-bond donors (Lipinski definition) is 2. The quantitative estimate of drug-likeness (QED) is 0.853. The zero-order valence-electron chi connectivity index (χ0n) is 13.0. The Hall–Kier alpha value is -2.60. The van der Waals surface area contributed by atoms with Crippen LogP contribution < -0.4 is 14.8 Å². The minimum Gasteiger partial charge on any atom is -0.491 e. The fourth-order valence-corrected chi connectivity index (χ4v) is 2.41.